The molecule has 116 valence electrons. The van der Waals surface area contributed by atoms with Gasteiger partial charge in [0.25, 0.3) is 0 Å². The minimum absolute atomic E-state index is 0.136. The zero-order chi connectivity index (χ0) is 15.9. The average molecular weight is 363 g/mol. The Morgan fingerprint density at radius 3 is 2.45 bits per heavy atom. The van der Waals surface area contributed by atoms with Gasteiger partial charge in [0.15, 0.2) is 0 Å². The Morgan fingerprint density at radius 2 is 1.77 bits per heavy atom. The molecule has 22 heavy (non-hydrogen) atoms. The lowest BCUT2D eigenvalue weighted by Gasteiger charge is -2.19. The summed E-state index contributed by atoms with van der Waals surface area (Å²) in [5, 5.41) is 0. The van der Waals surface area contributed by atoms with Crippen LogP contribution in [0.3, 0.4) is 0 Å². The lowest BCUT2D eigenvalue weighted by atomic mass is 10.2. The highest BCUT2D eigenvalue weighted by Crippen LogP contribution is 2.17. The van der Waals surface area contributed by atoms with Gasteiger partial charge in [0, 0.05) is 10.0 Å². The molecule has 2 aromatic carbocycles. The quantitative estimate of drug-likeness (QED) is 0.801. The molecule has 0 aliphatic heterocycles. The minimum Gasteiger partial charge on any atom is -0.453 e. The van der Waals surface area contributed by atoms with Crippen molar-refractivity contribution in [3.63, 3.8) is 0 Å². The Labute approximate surface area is 140 Å². The summed E-state index contributed by atoms with van der Waals surface area (Å²) in [6.45, 7) is 3.62. The fourth-order valence-corrected chi connectivity index (χ4v) is 2.87. The Kier molecular flexibility index (Phi) is 6.16. The van der Waals surface area contributed by atoms with Gasteiger partial charge in [-0.1, -0.05) is 42.5 Å². The molecule has 0 heterocycles. The minimum atomic E-state index is -0.285. The van der Waals surface area contributed by atoms with E-state index in [2.05, 4.69) is 35.1 Å². The molecule has 1 unspecified atom stereocenters. The molecule has 3 nitrogen and oxygen atoms in total. The Bertz CT molecular complexity index is 615. The van der Waals surface area contributed by atoms with Gasteiger partial charge in [-0.15, -0.1) is 0 Å². The maximum absolute atomic E-state index is 12.2. The van der Waals surface area contributed by atoms with Crippen LogP contribution in [0.4, 0.5) is 0 Å². The van der Waals surface area contributed by atoms with Gasteiger partial charge in [0.1, 0.15) is 19.2 Å². The predicted molar refractivity (Wildman–Crippen MR) is 90.9 cm³/mol. The van der Waals surface area contributed by atoms with Gasteiger partial charge >= 0.3 is 5.97 Å². The number of esters is 1. The van der Waals surface area contributed by atoms with E-state index in [-0.39, 0.29) is 12.1 Å². The summed E-state index contributed by atoms with van der Waals surface area (Å²) in [6, 6.07) is 17.6. The van der Waals surface area contributed by atoms with E-state index in [0.717, 1.165) is 17.6 Å². The van der Waals surface area contributed by atoms with Crippen molar-refractivity contribution in [3.8, 4) is 0 Å². The molecule has 0 aliphatic carbocycles. The van der Waals surface area contributed by atoms with Crippen molar-refractivity contribution in [1.29, 1.82) is 0 Å². The van der Waals surface area contributed by atoms with Gasteiger partial charge in [0.2, 0.25) is 0 Å². The van der Waals surface area contributed by atoms with Gasteiger partial charge in [-0.25, -0.2) is 4.79 Å². The van der Waals surface area contributed by atoms with E-state index in [4.69, 9.17) is 4.74 Å². The van der Waals surface area contributed by atoms with Gasteiger partial charge in [-0.3, -0.25) is 0 Å². The number of carbonyl (C=O) groups excluding carboxylic acids is 1. The summed E-state index contributed by atoms with van der Waals surface area (Å²) >= 11 is 3.38. The molecule has 0 saturated heterocycles. The zero-order valence-corrected chi connectivity index (χ0v) is 14.5. The highest BCUT2D eigenvalue weighted by atomic mass is 79.9. The molecule has 1 N–H and O–H groups in total. The number of halogens is 1. The Hall–Kier alpha value is -1.65. The smallest absolute Gasteiger partial charge is 0.339 e. The highest BCUT2D eigenvalue weighted by Gasteiger charge is 2.17. The van der Waals surface area contributed by atoms with Crippen molar-refractivity contribution >= 4 is 21.9 Å². The molecular formula is C18H21BrNO2+. The topological polar surface area (TPSA) is 30.7 Å². The molecular weight excluding hydrogens is 342 g/mol. The van der Waals surface area contributed by atoms with E-state index in [0.29, 0.717) is 5.56 Å². The fourth-order valence-electron chi connectivity index (χ4n) is 2.42. The number of benzene rings is 2. The van der Waals surface area contributed by atoms with Crippen molar-refractivity contribution in [3.05, 3.63) is 70.2 Å². The second-order valence-corrected chi connectivity index (χ2v) is 6.37. The van der Waals surface area contributed by atoms with E-state index >= 15 is 0 Å². The number of rotatable bonds is 6. The first-order chi connectivity index (χ1) is 10.6. The van der Waals surface area contributed by atoms with Crippen LogP contribution >= 0.6 is 15.9 Å². The first kappa shape index (κ1) is 16.7. The highest BCUT2D eigenvalue weighted by molar-refractivity contribution is 9.10. The predicted octanol–water partition coefficient (Wildman–Crippen LogP) is 2.71. The number of ether oxygens (including phenoxy) is 1. The summed E-state index contributed by atoms with van der Waals surface area (Å²) in [5.41, 5.74) is 1.85. The second-order valence-electron chi connectivity index (χ2n) is 5.52. The number of hydrogen-bond donors (Lipinski definition) is 1. The zero-order valence-electron chi connectivity index (χ0n) is 12.9. The van der Waals surface area contributed by atoms with Crippen LogP contribution in [0.2, 0.25) is 0 Å². The van der Waals surface area contributed by atoms with Crippen molar-refractivity contribution in [2.45, 2.75) is 19.6 Å². The molecule has 0 radical (unpaired) electrons. The number of likely N-dealkylation sites (N-methyl/N-ethyl adjacent to an activating group) is 1. The summed E-state index contributed by atoms with van der Waals surface area (Å²) in [7, 11) is 2.11. The number of hydrogen-bond acceptors (Lipinski definition) is 2. The van der Waals surface area contributed by atoms with Gasteiger partial charge in [-0.2, -0.15) is 0 Å². The summed E-state index contributed by atoms with van der Waals surface area (Å²) < 4.78 is 6.30. The molecule has 0 saturated carbocycles. The van der Waals surface area contributed by atoms with Crippen molar-refractivity contribution in [2.75, 3.05) is 13.6 Å². The molecule has 2 rings (SSSR count). The third kappa shape index (κ3) is 4.97. The van der Waals surface area contributed by atoms with Crippen LogP contribution in [0.25, 0.3) is 0 Å². The lowest BCUT2D eigenvalue weighted by Crippen LogP contribution is -3.08. The number of carbonyl (C=O) groups is 1. The molecule has 0 aliphatic rings. The van der Waals surface area contributed by atoms with E-state index in [1.807, 2.05) is 43.3 Å². The number of quaternary nitrogens is 1. The molecule has 0 spiro atoms. The molecule has 2 aromatic rings. The Morgan fingerprint density at radius 1 is 1.14 bits per heavy atom. The maximum atomic E-state index is 12.2. The van der Waals surface area contributed by atoms with Crippen molar-refractivity contribution < 1.29 is 14.4 Å². The fraction of sp³-hybridized carbons (Fsp3) is 0.278. The van der Waals surface area contributed by atoms with Crippen molar-refractivity contribution in [2.24, 2.45) is 0 Å². The van der Waals surface area contributed by atoms with E-state index < -0.39 is 0 Å². The molecule has 0 bridgehead atoms. The molecule has 0 fully saturated rings. The van der Waals surface area contributed by atoms with Gasteiger partial charge < -0.3 is 9.64 Å². The van der Waals surface area contributed by atoms with Crippen molar-refractivity contribution in [1.82, 2.24) is 0 Å². The van der Waals surface area contributed by atoms with Crippen LogP contribution in [0.5, 0.6) is 0 Å². The monoisotopic (exact) mass is 362 g/mol. The van der Waals surface area contributed by atoms with Gasteiger partial charge in [-0.05, 0) is 35.0 Å². The lowest BCUT2D eigenvalue weighted by molar-refractivity contribution is -0.896. The standard InChI is InChI=1S/C18H20BrNO2/c1-14(12-20(2)13-15-8-4-3-5-9-15)22-18(21)16-10-6-7-11-17(16)19/h3-11,14H,12-13H2,1-2H3/p+1/t14-/m0/s1. The summed E-state index contributed by atoms with van der Waals surface area (Å²) in [4.78, 5) is 13.5. The van der Waals surface area contributed by atoms with Crippen LogP contribution < -0.4 is 4.90 Å². The maximum Gasteiger partial charge on any atom is 0.339 e. The molecule has 2 atom stereocenters. The number of nitrogens with one attached hydrogen (secondary N) is 1. The van der Waals surface area contributed by atoms with E-state index in [1.54, 1.807) is 6.07 Å². The van der Waals surface area contributed by atoms with Gasteiger partial charge in [0.05, 0.1) is 12.6 Å². The summed E-state index contributed by atoms with van der Waals surface area (Å²) in [5.74, 6) is -0.285. The first-order valence-corrected chi connectivity index (χ1v) is 8.16. The second kappa shape index (κ2) is 8.11. The van der Waals surface area contributed by atoms with E-state index in [1.165, 1.54) is 10.5 Å². The van der Waals surface area contributed by atoms with Crippen LogP contribution in [0.15, 0.2) is 59.1 Å². The Balaban J connectivity index is 1.86. The third-order valence-electron chi connectivity index (χ3n) is 3.39. The van der Waals surface area contributed by atoms with Crippen LogP contribution in [-0.4, -0.2) is 25.7 Å². The van der Waals surface area contributed by atoms with Crippen LogP contribution in [0, 0.1) is 0 Å². The first-order valence-electron chi connectivity index (χ1n) is 7.37. The SMILES string of the molecule is C[C@@H](C[NH+](C)Cc1ccccc1)OC(=O)c1ccccc1Br. The van der Waals surface area contributed by atoms with Crippen LogP contribution in [0.1, 0.15) is 22.8 Å². The average Bonchev–Trinajstić information content (AvgIpc) is 2.48. The normalized spacial score (nSPS) is 13.4. The van der Waals surface area contributed by atoms with E-state index in [9.17, 15) is 4.79 Å². The third-order valence-corrected chi connectivity index (χ3v) is 4.08. The molecule has 0 amide bonds. The summed E-state index contributed by atoms with van der Waals surface area (Å²) in [6.07, 6.45) is -0.136. The van der Waals surface area contributed by atoms with Crippen LogP contribution in [-0.2, 0) is 11.3 Å². The molecule has 0 aromatic heterocycles. The largest absolute Gasteiger partial charge is 0.453 e. The molecule has 4 heteroatoms.